The van der Waals surface area contributed by atoms with Gasteiger partial charge in [0.05, 0.1) is 18.5 Å². The van der Waals surface area contributed by atoms with Crippen LogP contribution >= 0.6 is 11.3 Å². The molecule has 3 aromatic rings. The molecular weight excluding hydrogens is 370 g/mol. The van der Waals surface area contributed by atoms with Crippen LogP contribution < -0.4 is 0 Å². The van der Waals surface area contributed by atoms with E-state index < -0.39 is 0 Å². The number of nitrogens with zero attached hydrogens (tertiary/aromatic N) is 3. The molecule has 0 bridgehead atoms. The highest BCUT2D eigenvalue weighted by Gasteiger charge is 2.35. The molecule has 1 unspecified atom stereocenters. The lowest BCUT2D eigenvalue weighted by Crippen LogP contribution is -2.36. The Balaban J connectivity index is 1.53. The van der Waals surface area contributed by atoms with Gasteiger partial charge in [0.25, 0.3) is 5.91 Å². The van der Waals surface area contributed by atoms with Gasteiger partial charge in [-0.05, 0) is 43.1 Å². The molecule has 144 valence electrons. The first-order valence-electron chi connectivity index (χ1n) is 9.31. The second-order valence-corrected chi connectivity index (χ2v) is 8.17. The number of furan rings is 1. The fourth-order valence-corrected chi connectivity index (χ4v) is 4.18. The highest BCUT2D eigenvalue weighted by Crippen LogP contribution is 2.33. The van der Waals surface area contributed by atoms with Crippen LogP contribution in [0.2, 0.25) is 0 Å². The van der Waals surface area contributed by atoms with Crippen molar-refractivity contribution in [3.63, 3.8) is 0 Å². The maximum absolute atomic E-state index is 13.1. The number of hydrogen-bond acceptors (Lipinski definition) is 5. The number of aryl methyl sites for hydroxylation is 1. The third-order valence-electron chi connectivity index (χ3n) is 4.83. The molecule has 3 heterocycles. The monoisotopic (exact) mass is 393 g/mol. The molecule has 0 aliphatic carbocycles. The summed E-state index contributed by atoms with van der Waals surface area (Å²) in [5.74, 6) is 0.739. The Hall–Kier alpha value is -2.70. The van der Waals surface area contributed by atoms with E-state index in [9.17, 15) is 4.79 Å². The Labute approximate surface area is 168 Å². The normalized spacial score (nSPS) is 16.6. The maximum Gasteiger partial charge on any atom is 0.257 e. The van der Waals surface area contributed by atoms with E-state index >= 15 is 0 Å². The van der Waals surface area contributed by atoms with Crippen LogP contribution in [0.1, 0.15) is 34.2 Å². The zero-order valence-corrected chi connectivity index (χ0v) is 16.9. The van der Waals surface area contributed by atoms with Crippen molar-refractivity contribution in [2.75, 3.05) is 13.6 Å². The number of thiophene rings is 1. The van der Waals surface area contributed by atoms with Gasteiger partial charge >= 0.3 is 0 Å². The Bertz CT molecular complexity index is 946. The second-order valence-electron chi connectivity index (χ2n) is 7.14. The number of rotatable bonds is 6. The summed E-state index contributed by atoms with van der Waals surface area (Å²) in [5.41, 5.74) is 3.16. The van der Waals surface area contributed by atoms with Crippen molar-refractivity contribution >= 4 is 23.0 Å². The van der Waals surface area contributed by atoms with Crippen LogP contribution in [0, 0.1) is 6.92 Å². The van der Waals surface area contributed by atoms with E-state index in [2.05, 4.69) is 42.6 Å². The Morgan fingerprint density at radius 3 is 2.75 bits per heavy atom. The third-order valence-corrected chi connectivity index (χ3v) is 5.69. The van der Waals surface area contributed by atoms with Gasteiger partial charge in [-0.1, -0.05) is 35.9 Å². The average Bonchev–Trinajstić information content (AvgIpc) is 3.43. The number of likely N-dealkylation sites (N-methyl/N-ethyl adjacent to an activating group) is 1. The van der Waals surface area contributed by atoms with Crippen molar-refractivity contribution in [3.8, 4) is 0 Å². The number of amides is 1. The molecule has 0 saturated carbocycles. The van der Waals surface area contributed by atoms with E-state index in [1.165, 1.54) is 10.4 Å². The summed E-state index contributed by atoms with van der Waals surface area (Å²) in [6.07, 6.45) is 2.29. The predicted molar refractivity (Wildman–Crippen MR) is 111 cm³/mol. The summed E-state index contributed by atoms with van der Waals surface area (Å²) >= 11 is 1.70. The zero-order valence-electron chi connectivity index (χ0n) is 16.0. The first-order valence-corrected chi connectivity index (χ1v) is 10.2. The lowest BCUT2D eigenvalue weighted by Gasteiger charge is -2.23. The molecule has 0 fully saturated rings. The number of benzene rings is 1. The molecule has 1 aliphatic heterocycles. The van der Waals surface area contributed by atoms with Gasteiger partial charge in [-0.15, -0.1) is 11.3 Å². The fourth-order valence-electron chi connectivity index (χ4n) is 3.39. The minimum absolute atomic E-state index is 0.0254. The Kier molecular flexibility index (Phi) is 5.41. The molecule has 2 aromatic heterocycles. The Morgan fingerprint density at radius 1 is 1.25 bits per heavy atom. The topological polar surface area (TPSA) is 49.1 Å². The van der Waals surface area contributed by atoms with Gasteiger partial charge in [-0.3, -0.25) is 9.69 Å². The minimum Gasteiger partial charge on any atom is -0.467 e. The summed E-state index contributed by atoms with van der Waals surface area (Å²) in [6, 6.07) is 15.9. The van der Waals surface area contributed by atoms with Crippen LogP contribution in [0.25, 0.3) is 0 Å². The molecular formula is C22H23N3O2S. The van der Waals surface area contributed by atoms with Gasteiger partial charge < -0.3 is 4.42 Å². The molecule has 1 aromatic carbocycles. The Morgan fingerprint density at radius 2 is 2.07 bits per heavy atom. The summed E-state index contributed by atoms with van der Waals surface area (Å²) in [6.45, 7) is 3.11. The zero-order chi connectivity index (χ0) is 19.5. The van der Waals surface area contributed by atoms with E-state index in [1.807, 2.05) is 30.1 Å². The molecule has 5 nitrogen and oxygen atoms in total. The SMILES string of the molecule is Cc1ccc(C2=NN(C(=O)CN(C)Cc3cccs3)C(c3ccco3)C2)cc1. The molecule has 0 saturated heterocycles. The molecule has 1 atom stereocenters. The third kappa shape index (κ3) is 4.08. The maximum atomic E-state index is 13.1. The van der Waals surface area contributed by atoms with Gasteiger partial charge in [0.2, 0.25) is 0 Å². The summed E-state index contributed by atoms with van der Waals surface area (Å²) in [7, 11) is 1.96. The van der Waals surface area contributed by atoms with Gasteiger partial charge in [0.15, 0.2) is 0 Å². The van der Waals surface area contributed by atoms with Crippen molar-refractivity contribution in [2.24, 2.45) is 5.10 Å². The molecule has 1 aliphatic rings. The smallest absolute Gasteiger partial charge is 0.257 e. The van der Waals surface area contributed by atoms with Crippen molar-refractivity contribution in [3.05, 3.63) is 81.9 Å². The number of hydrogen-bond donors (Lipinski definition) is 0. The number of hydrazone groups is 1. The van der Waals surface area contributed by atoms with Crippen molar-refractivity contribution < 1.29 is 9.21 Å². The van der Waals surface area contributed by atoms with Crippen LogP contribution in [-0.2, 0) is 11.3 Å². The standard InChI is InChI=1S/C22H23N3O2S/c1-16-7-9-17(10-8-16)19-13-20(21-6-3-11-27-21)25(23-19)22(26)15-24(2)14-18-5-4-12-28-18/h3-12,20H,13-15H2,1-2H3. The summed E-state index contributed by atoms with van der Waals surface area (Å²) in [4.78, 5) is 16.3. The number of carbonyl (C=O) groups is 1. The average molecular weight is 394 g/mol. The number of carbonyl (C=O) groups excluding carboxylic acids is 1. The van der Waals surface area contributed by atoms with Crippen molar-refractivity contribution in [1.82, 2.24) is 9.91 Å². The molecule has 0 N–H and O–H groups in total. The van der Waals surface area contributed by atoms with Crippen molar-refractivity contribution in [2.45, 2.75) is 25.9 Å². The summed E-state index contributed by atoms with van der Waals surface area (Å²) < 4.78 is 5.61. The van der Waals surface area contributed by atoms with Crippen LogP contribution in [-0.4, -0.2) is 35.1 Å². The fraction of sp³-hybridized carbons (Fsp3) is 0.273. The van der Waals surface area contributed by atoms with E-state index in [1.54, 1.807) is 22.6 Å². The molecule has 28 heavy (non-hydrogen) atoms. The largest absolute Gasteiger partial charge is 0.467 e. The lowest BCUT2D eigenvalue weighted by atomic mass is 10.0. The van der Waals surface area contributed by atoms with Crippen LogP contribution in [0.3, 0.4) is 0 Å². The van der Waals surface area contributed by atoms with Gasteiger partial charge in [0.1, 0.15) is 11.8 Å². The van der Waals surface area contributed by atoms with Gasteiger partial charge in [0, 0.05) is 17.8 Å². The van der Waals surface area contributed by atoms with Crippen LogP contribution in [0.4, 0.5) is 0 Å². The first-order chi connectivity index (χ1) is 13.6. The molecule has 0 radical (unpaired) electrons. The van der Waals surface area contributed by atoms with Gasteiger partial charge in [-0.25, -0.2) is 5.01 Å². The highest BCUT2D eigenvalue weighted by atomic mass is 32.1. The van der Waals surface area contributed by atoms with Crippen LogP contribution in [0.15, 0.2) is 69.7 Å². The van der Waals surface area contributed by atoms with E-state index in [4.69, 9.17) is 9.52 Å². The minimum atomic E-state index is -0.200. The second kappa shape index (κ2) is 8.12. The van der Waals surface area contributed by atoms with E-state index in [-0.39, 0.29) is 11.9 Å². The molecule has 1 amide bonds. The molecule has 4 rings (SSSR count). The van der Waals surface area contributed by atoms with Crippen LogP contribution in [0.5, 0.6) is 0 Å². The highest BCUT2D eigenvalue weighted by molar-refractivity contribution is 7.09. The van der Waals surface area contributed by atoms with E-state index in [0.717, 1.165) is 23.6 Å². The quantitative estimate of drug-likeness (QED) is 0.621. The molecule has 0 spiro atoms. The van der Waals surface area contributed by atoms with Gasteiger partial charge in [-0.2, -0.15) is 5.10 Å². The van der Waals surface area contributed by atoms with E-state index in [0.29, 0.717) is 13.0 Å². The summed E-state index contributed by atoms with van der Waals surface area (Å²) in [5, 5.41) is 8.34. The molecule has 6 heteroatoms. The lowest BCUT2D eigenvalue weighted by molar-refractivity contribution is -0.134. The predicted octanol–water partition coefficient (Wildman–Crippen LogP) is 4.46. The van der Waals surface area contributed by atoms with Crippen molar-refractivity contribution in [1.29, 1.82) is 0 Å². The first kappa shape index (κ1) is 18.7.